The van der Waals surface area contributed by atoms with Gasteiger partial charge in [-0.3, -0.25) is 29.2 Å². The third-order valence-corrected chi connectivity index (χ3v) is 15.8. The maximum absolute atomic E-state index is 14.0. The molecule has 4 atom stereocenters. The molecule has 4 aliphatic heterocycles. The van der Waals surface area contributed by atoms with Gasteiger partial charge in [0.15, 0.2) is 0 Å². The zero-order valence-corrected chi connectivity index (χ0v) is 37.0. The Hall–Kier alpha value is -5.88. The Morgan fingerprint density at radius 1 is 0.969 bits per heavy atom. The zero-order valence-electron chi connectivity index (χ0n) is 35.4. The maximum atomic E-state index is 14.0. The molecule has 5 heterocycles. The van der Waals surface area contributed by atoms with Crippen LogP contribution >= 0.6 is 11.8 Å². The van der Waals surface area contributed by atoms with Crippen LogP contribution in [0.2, 0.25) is 0 Å². The first-order valence-electron chi connectivity index (χ1n) is 21.8. The summed E-state index contributed by atoms with van der Waals surface area (Å²) < 4.78 is 31.4. The molecule has 9 rings (SSSR count). The van der Waals surface area contributed by atoms with Crippen LogP contribution in [-0.2, 0) is 43.9 Å². The number of benzene rings is 4. The lowest BCUT2D eigenvalue weighted by molar-refractivity contribution is -0.137. The van der Waals surface area contributed by atoms with Crippen LogP contribution in [0.25, 0.3) is 11.1 Å². The largest absolute Gasteiger partial charge is 0.394 e. The monoisotopic (exact) mass is 902 g/mol. The molecule has 2 saturated heterocycles. The Bertz CT molecular complexity index is 2720. The van der Waals surface area contributed by atoms with Crippen molar-refractivity contribution in [2.75, 3.05) is 29.5 Å². The summed E-state index contributed by atoms with van der Waals surface area (Å²) in [5, 5.41) is 27.7. The highest BCUT2D eigenvalue weighted by atomic mass is 32.2. The van der Waals surface area contributed by atoms with Crippen molar-refractivity contribution in [3.05, 3.63) is 119 Å². The Morgan fingerprint density at radius 2 is 1.78 bits per heavy atom. The molecule has 1 unspecified atom stereocenters. The van der Waals surface area contributed by atoms with Crippen LogP contribution < -0.4 is 16.0 Å². The van der Waals surface area contributed by atoms with Gasteiger partial charge in [-0.05, 0) is 116 Å². The summed E-state index contributed by atoms with van der Waals surface area (Å²) in [6.45, 7) is 3.17. The van der Waals surface area contributed by atoms with E-state index in [2.05, 4.69) is 26.3 Å². The van der Waals surface area contributed by atoms with Crippen LogP contribution in [-0.4, -0.2) is 92.3 Å². The fourth-order valence-electron chi connectivity index (χ4n) is 9.41. The van der Waals surface area contributed by atoms with Crippen molar-refractivity contribution in [1.82, 2.24) is 29.5 Å². The Morgan fingerprint density at radius 3 is 2.59 bits per heavy atom. The van der Waals surface area contributed by atoms with Crippen LogP contribution in [0.3, 0.4) is 0 Å². The second-order valence-electron chi connectivity index (χ2n) is 16.9. The van der Waals surface area contributed by atoms with E-state index in [9.17, 15) is 32.7 Å². The van der Waals surface area contributed by atoms with Gasteiger partial charge in [0.05, 0.1) is 29.3 Å². The van der Waals surface area contributed by atoms with Crippen molar-refractivity contribution in [2.24, 2.45) is 5.92 Å². The van der Waals surface area contributed by atoms with Crippen molar-refractivity contribution in [1.29, 1.82) is 0 Å². The zero-order chi connectivity index (χ0) is 44.5. The predicted octanol–water partition coefficient (Wildman–Crippen LogP) is 5.70. The molecule has 2 fully saturated rings. The number of rotatable bonds is 15. The first kappa shape index (κ1) is 43.4. The molecule has 0 saturated carbocycles. The standard InChI is InChI=1S/C47H50N8O7S2/c1-29-12-15-34(16-13-29)64(61,62)55-22-20-36-40(28-56)49-39-17-14-31(25-37(39)45(36)55)30-6-2-7-32(24-30)48-43(57)11-3-8-33-26-53(52-51-33)21-5-23-63-42-10-4-9-35-38(42)27-54(47(35)60)41-18-19-44(58)50-46(41)59/h2,4,6-7,9-10,12-17,24-26,36,40-41,45,49,56H,3,5,8,11,18-23,27-28H2,1H3,(H,48,57)(H,50,58,59)/t36-,40+,41?,45-/m1/s1. The van der Waals surface area contributed by atoms with Crippen molar-refractivity contribution >= 4 is 56.8 Å². The number of aromatic nitrogens is 3. The van der Waals surface area contributed by atoms with Gasteiger partial charge < -0.3 is 20.6 Å². The molecule has 4 amide bonds. The van der Waals surface area contributed by atoms with Gasteiger partial charge in [-0.25, -0.2) is 8.42 Å². The molecule has 17 heteroatoms. The molecule has 0 spiro atoms. The molecule has 4 aliphatic rings. The van der Waals surface area contributed by atoms with E-state index in [1.165, 1.54) is 0 Å². The van der Waals surface area contributed by atoms with Gasteiger partial charge in [0.2, 0.25) is 27.7 Å². The minimum atomic E-state index is -3.80. The van der Waals surface area contributed by atoms with Gasteiger partial charge >= 0.3 is 0 Å². The van der Waals surface area contributed by atoms with Crippen LogP contribution in [0.4, 0.5) is 11.4 Å². The number of sulfonamides is 1. The molecular weight excluding hydrogens is 853 g/mol. The summed E-state index contributed by atoms with van der Waals surface area (Å²) in [6, 6.07) is 24.8. The third-order valence-electron chi connectivity index (χ3n) is 12.7. The first-order chi connectivity index (χ1) is 31.0. The minimum Gasteiger partial charge on any atom is -0.394 e. The molecule has 0 bridgehead atoms. The number of thioether (sulfide) groups is 1. The maximum Gasteiger partial charge on any atom is 0.255 e. The number of aryl methyl sites for hydroxylation is 3. The van der Waals surface area contributed by atoms with Crippen molar-refractivity contribution in [3.63, 3.8) is 0 Å². The van der Waals surface area contributed by atoms with Gasteiger partial charge in [0, 0.05) is 66.4 Å². The Kier molecular flexibility index (Phi) is 12.4. The summed E-state index contributed by atoms with van der Waals surface area (Å²) >= 11 is 1.66. The summed E-state index contributed by atoms with van der Waals surface area (Å²) in [4.78, 5) is 53.2. The lowest BCUT2D eigenvalue weighted by atomic mass is 9.82. The van der Waals surface area contributed by atoms with Gasteiger partial charge in [0.1, 0.15) is 6.04 Å². The SMILES string of the molecule is Cc1ccc(S(=O)(=O)N2CC[C@@H]3[C@H](CO)Nc4ccc(-c5cccc(NC(=O)CCCc6cn(CCCSc7cccc8c7CN(C7CCC(=O)NC7=O)C8=O)nn6)c5)cc4[C@@H]32)cc1. The number of carbonyl (C=O) groups is 4. The van der Waals surface area contributed by atoms with Gasteiger partial charge in [-0.2, -0.15) is 4.31 Å². The van der Waals surface area contributed by atoms with E-state index in [-0.39, 0.29) is 47.6 Å². The average Bonchev–Trinajstić information content (AvgIpc) is 4.03. The van der Waals surface area contributed by atoms with Gasteiger partial charge in [-0.1, -0.05) is 47.2 Å². The van der Waals surface area contributed by atoms with Crippen LogP contribution in [0.15, 0.2) is 101 Å². The highest BCUT2D eigenvalue weighted by Gasteiger charge is 2.48. The second-order valence-corrected chi connectivity index (χ2v) is 19.9. The number of aliphatic hydroxyl groups excluding tert-OH is 1. The molecule has 332 valence electrons. The number of aliphatic hydroxyl groups is 1. The van der Waals surface area contributed by atoms with E-state index in [1.54, 1.807) is 56.0 Å². The summed E-state index contributed by atoms with van der Waals surface area (Å²) in [5.74, 6) is -0.346. The fraction of sp³-hybridized carbons (Fsp3) is 0.362. The predicted molar refractivity (Wildman–Crippen MR) is 242 cm³/mol. The second kappa shape index (κ2) is 18.3. The van der Waals surface area contributed by atoms with Crippen molar-refractivity contribution in [2.45, 2.75) is 92.9 Å². The molecule has 4 N–H and O–H groups in total. The Balaban J connectivity index is 0.765. The fourth-order valence-corrected chi connectivity index (χ4v) is 12.1. The number of anilines is 2. The number of piperidine rings is 1. The molecule has 15 nitrogen and oxygen atoms in total. The smallest absolute Gasteiger partial charge is 0.255 e. The lowest BCUT2D eigenvalue weighted by Crippen LogP contribution is -2.52. The topological polar surface area (TPSA) is 196 Å². The number of amides is 4. The molecule has 0 radical (unpaired) electrons. The molecule has 5 aromatic rings. The van der Waals surface area contributed by atoms with E-state index < -0.39 is 28.0 Å². The number of nitrogens with zero attached hydrogens (tertiary/aromatic N) is 5. The minimum absolute atomic E-state index is 0.104. The van der Waals surface area contributed by atoms with Crippen molar-refractivity contribution < 1.29 is 32.7 Å². The van der Waals surface area contributed by atoms with Crippen LogP contribution in [0.1, 0.15) is 77.3 Å². The van der Waals surface area contributed by atoms with E-state index in [0.717, 1.165) is 56.3 Å². The van der Waals surface area contributed by atoms with Crippen LogP contribution in [0.5, 0.6) is 0 Å². The number of hydrogen-bond acceptors (Lipinski definition) is 11. The highest BCUT2D eigenvalue weighted by molar-refractivity contribution is 7.99. The normalized spacial score (nSPS) is 20.7. The molecule has 1 aromatic heterocycles. The molecule has 0 aliphatic carbocycles. The molecular formula is C47H50N8O7S2. The molecule has 4 aromatic carbocycles. The van der Waals surface area contributed by atoms with Gasteiger partial charge in [0.25, 0.3) is 5.91 Å². The van der Waals surface area contributed by atoms with E-state index in [4.69, 9.17) is 0 Å². The quantitative estimate of drug-likeness (QED) is 0.0572. The van der Waals surface area contributed by atoms with Crippen LogP contribution in [0, 0.1) is 12.8 Å². The van der Waals surface area contributed by atoms with Crippen molar-refractivity contribution in [3.8, 4) is 11.1 Å². The van der Waals surface area contributed by atoms with Gasteiger partial charge in [-0.15, -0.1) is 16.9 Å². The number of carbonyl (C=O) groups excluding carboxylic acids is 4. The van der Waals surface area contributed by atoms with E-state index in [0.29, 0.717) is 63.0 Å². The lowest BCUT2D eigenvalue weighted by Gasteiger charge is -2.39. The van der Waals surface area contributed by atoms with E-state index >= 15 is 0 Å². The number of nitrogens with one attached hydrogen (secondary N) is 3. The summed E-state index contributed by atoms with van der Waals surface area (Å²) in [5.41, 5.74) is 7.38. The number of fused-ring (bicyclic) bond motifs is 4. The van der Waals surface area contributed by atoms with E-state index in [1.807, 2.05) is 67.7 Å². The number of imide groups is 1. The average molecular weight is 903 g/mol. The summed E-state index contributed by atoms with van der Waals surface area (Å²) in [6.07, 6.45) is 5.36. The first-order valence-corrected chi connectivity index (χ1v) is 24.2. The highest BCUT2D eigenvalue weighted by Crippen LogP contribution is 2.49. The number of hydrogen-bond donors (Lipinski definition) is 4. The molecule has 64 heavy (non-hydrogen) atoms. The third kappa shape index (κ3) is 8.81. The Labute approximate surface area is 376 Å². The summed E-state index contributed by atoms with van der Waals surface area (Å²) in [7, 11) is -3.80.